The van der Waals surface area contributed by atoms with Crippen LogP contribution in [0, 0.1) is 0 Å². The Bertz CT molecular complexity index is 832. The number of fused-ring (bicyclic) bond motifs is 3. The molecule has 0 aliphatic rings. The van der Waals surface area contributed by atoms with Crippen molar-refractivity contribution in [3.63, 3.8) is 0 Å². The van der Waals surface area contributed by atoms with Crippen LogP contribution in [0.2, 0.25) is 0 Å². The Balaban J connectivity index is 1.95. The molecule has 5 nitrogen and oxygen atoms in total. The van der Waals surface area contributed by atoms with Gasteiger partial charge in [-0.1, -0.05) is 31.9 Å². The minimum Gasteiger partial charge on any atom is -0.395 e. The molecule has 26 heavy (non-hydrogen) atoms. The Morgan fingerprint density at radius 1 is 0.885 bits per heavy atom. The molecular formula is C19H22Br2N2O3. The van der Waals surface area contributed by atoms with Crippen LogP contribution < -0.4 is 0 Å². The predicted molar refractivity (Wildman–Crippen MR) is 111 cm³/mol. The van der Waals surface area contributed by atoms with Crippen molar-refractivity contribution < 1.29 is 15.3 Å². The molecule has 0 aliphatic heterocycles. The van der Waals surface area contributed by atoms with Gasteiger partial charge in [0.25, 0.3) is 0 Å². The number of rotatable bonds is 8. The SMILES string of the molecule is OCCN(CCO)CC(O)Cn1c2ccc(Br)cc2c2cc(Br)ccc21. The summed E-state index contributed by atoms with van der Waals surface area (Å²) in [5.74, 6) is 0. The van der Waals surface area contributed by atoms with Gasteiger partial charge in [-0.15, -0.1) is 0 Å². The number of aliphatic hydroxyl groups is 3. The molecule has 1 aromatic heterocycles. The molecule has 3 rings (SSSR count). The first-order valence-corrected chi connectivity index (χ1v) is 10.1. The zero-order valence-electron chi connectivity index (χ0n) is 14.3. The highest BCUT2D eigenvalue weighted by Gasteiger charge is 2.16. The van der Waals surface area contributed by atoms with Gasteiger partial charge in [-0.05, 0) is 36.4 Å². The molecule has 0 fully saturated rings. The molecule has 0 bridgehead atoms. The summed E-state index contributed by atoms with van der Waals surface area (Å²) in [4.78, 5) is 1.87. The van der Waals surface area contributed by atoms with Crippen molar-refractivity contribution in [3.05, 3.63) is 45.3 Å². The summed E-state index contributed by atoms with van der Waals surface area (Å²) in [6.07, 6.45) is -0.612. The summed E-state index contributed by atoms with van der Waals surface area (Å²) in [5.41, 5.74) is 2.13. The van der Waals surface area contributed by atoms with Crippen LogP contribution >= 0.6 is 31.9 Å². The number of aromatic nitrogens is 1. The van der Waals surface area contributed by atoms with Gasteiger partial charge >= 0.3 is 0 Å². The van der Waals surface area contributed by atoms with Gasteiger partial charge in [-0.3, -0.25) is 4.90 Å². The molecule has 1 unspecified atom stereocenters. The molecule has 1 atom stereocenters. The molecule has 1 heterocycles. The standard InChI is InChI=1S/C19H22Br2N2O3/c20-13-1-3-18-16(9-13)17-10-14(21)2-4-19(17)23(18)12-15(26)11-22(5-7-24)6-8-25/h1-4,9-10,15,24-26H,5-8,11-12H2. The second-order valence-electron chi connectivity index (χ2n) is 6.34. The average molecular weight is 486 g/mol. The fourth-order valence-corrected chi connectivity index (χ4v) is 4.11. The molecule has 7 heteroatoms. The van der Waals surface area contributed by atoms with Crippen molar-refractivity contribution in [3.8, 4) is 0 Å². The van der Waals surface area contributed by atoms with E-state index in [9.17, 15) is 5.11 Å². The summed E-state index contributed by atoms with van der Waals surface area (Å²) in [6, 6.07) is 12.3. The first kappa shape index (κ1) is 19.8. The Hall–Kier alpha value is -0.960. The van der Waals surface area contributed by atoms with E-state index >= 15 is 0 Å². The van der Waals surface area contributed by atoms with Crippen LogP contribution in [0.5, 0.6) is 0 Å². The van der Waals surface area contributed by atoms with Crippen LogP contribution in [-0.2, 0) is 6.54 Å². The highest BCUT2D eigenvalue weighted by Crippen LogP contribution is 2.33. The van der Waals surface area contributed by atoms with Crippen LogP contribution in [0.25, 0.3) is 21.8 Å². The van der Waals surface area contributed by atoms with E-state index in [4.69, 9.17) is 10.2 Å². The second kappa shape index (κ2) is 8.82. The van der Waals surface area contributed by atoms with Gasteiger partial charge < -0.3 is 19.9 Å². The molecule has 140 valence electrons. The Kier molecular flexibility index (Phi) is 6.71. The number of hydrogen-bond acceptors (Lipinski definition) is 4. The molecule has 0 aliphatic carbocycles. The average Bonchev–Trinajstić information content (AvgIpc) is 2.88. The van der Waals surface area contributed by atoms with Crippen molar-refractivity contribution >= 4 is 53.7 Å². The predicted octanol–water partition coefficient (Wildman–Crippen LogP) is 2.97. The number of benzene rings is 2. The lowest BCUT2D eigenvalue weighted by atomic mass is 10.2. The lowest BCUT2D eigenvalue weighted by Crippen LogP contribution is -2.38. The smallest absolute Gasteiger partial charge is 0.0846 e. The second-order valence-corrected chi connectivity index (χ2v) is 8.17. The van der Waals surface area contributed by atoms with E-state index in [2.05, 4.69) is 60.7 Å². The number of aliphatic hydroxyl groups excluding tert-OH is 3. The van der Waals surface area contributed by atoms with Gasteiger partial charge in [0.05, 0.1) is 25.9 Å². The molecule has 0 amide bonds. The Labute approximate surface area is 169 Å². The normalized spacial score (nSPS) is 13.2. The first-order chi connectivity index (χ1) is 12.5. The van der Waals surface area contributed by atoms with E-state index in [1.807, 2.05) is 17.0 Å². The molecule has 0 spiro atoms. The van der Waals surface area contributed by atoms with Crippen LogP contribution in [0.4, 0.5) is 0 Å². The quantitative estimate of drug-likeness (QED) is 0.458. The van der Waals surface area contributed by atoms with Crippen molar-refractivity contribution in [2.75, 3.05) is 32.8 Å². The minimum atomic E-state index is -0.612. The third-order valence-corrected chi connectivity index (χ3v) is 5.47. The third kappa shape index (κ3) is 4.30. The maximum Gasteiger partial charge on any atom is 0.0846 e. The minimum absolute atomic E-state index is 0.00412. The van der Waals surface area contributed by atoms with E-state index in [-0.39, 0.29) is 13.2 Å². The molecule has 2 aromatic carbocycles. The van der Waals surface area contributed by atoms with Gasteiger partial charge in [0, 0.05) is 50.4 Å². The Morgan fingerprint density at radius 2 is 1.38 bits per heavy atom. The van der Waals surface area contributed by atoms with E-state index in [0.29, 0.717) is 26.2 Å². The van der Waals surface area contributed by atoms with Gasteiger partial charge in [-0.25, -0.2) is 0 Å². The van der Waals surface area contributed by atoms with Gasteiger partial charge in [0.1, 0.15) is 0 Å². The summed E-state index contributed by atoms with van der Waals surface area (Å²) >= 11 is 7.08. The monoisotopic (exact) mass is 484 g/mol. The zero-order chi connectivity index (χ0) is 18.7. The van der Waals surface area contributed by atoms with Gasteiger partial charge in [0.15, 0.2) is 0 Å². The summed E-state index contributed by atoms with van der Waals surface area (Å²) in [5, 5.41) is 31.2. The molecule has 0 saturated carbocycles. The summed E-state index contributed by atoms with van der Waals surface area (Å²) in [7, 11) is 0. The summed E-state index contributed by atoms with van der Waals surface area (Å²) in [6.45, 7) is 1.72. The van der Waals surface area contributed by atoms with Crippen LogP contribution in [0.3, 0.4) is 0 Å². The largest absolute Gasteiger partial charge is 0.395 e. The fraction of sp³-hybridized carbons (Fsp3) is 0.368. The van der Waals surface area contributed by atoms with Gasteiger partial charge in [0.2, 0.25) is 0 Å². The molecule has 3 aromatic rings. The van der Waals surface area contributed by atoms with Crippen LogP contribution in [0.1, 0.15) is 0 Å². The molecule has 0 radical (unpaired) electrons. The van der Waals surface area contributed by atoms with Crippen LogP contribution in [-0.4, -0.2) is 63.7 Å². The topological polar surface area (TPSA) is 68.9 Å². The molecule has 0 saturated heterocycles. The highest BCUT2D eigenvalue weighted by molar-refractivity contribution is 9.10. The first-order valence-electron chi connectivity index (χ1n) is 8.52. The van der Waals surface area contributed by atoms with Crippen molar-refractivity contribution in [2.24, 2.45) is 0 Å². The van der Waals surface area contributed by atoms with Crippen molar-refractivity contribution in [1.29, 1.82) is 0 Å². The van der Waals surface area contributed by atoms with E-state index < -0.39 is 6.10 Å². The summed E-state index contributed by atoms with van der Waals surface area (Å²) < 4.78 is 4.16. The lowest BCUT2D eigenvalue weighted by molar-refractivity contribution is 0.0787. The number of nitrogens with zero attached hydrogens (tertiary/aromatic N) is 2. The van der Waals surface area contributed by atoms with Crippen LogP contribution in [0.15, 0.2) is 45.3 Å². The van der Waals surface area contributed by atoms with Crippen molar-refractivity contribution in [1.82, 2.24) is 9.47 Å². The van der Waals surface area contributed by atoms with E-state index in [0.717, 1.165) is 30.8 Å². The number of hydrogen-bond donors (Lipinski definition) is 3. The third-order valence-electron chi connectivity index (χ3n) is 4.48. The fourth-order valence-electron chi connectivity index (χ4n) is 3.39. The highest BCUT2D eigenvalue weighted by atomic mass is 79.9. The Morgan fingerprint density at radius 3 is 1.85 bits per heavy atom. The zero-order valence-corrected chi connectivity index (χ0v) is 17.4. The molecular weight excluding hydrogens is 464 g/mol. The lowest BCUT2D eigenvalue weighted by Gasteiger charge is -2.24. The van der Waals surface area contributed by atoms with E-state index in [1.54, 1.807) is 0 Å². The maximum atomic E-state index is 10.6. The van der Waals surface area contributed by atoms with E-state index in [1.165, 1.54) is 0 Å². The van der Waals surface area contributed by atoms with Gasteiger partial charge in [-0.2, -0.15) is 0 Å². The number of halogens is 2. The van der Waals surface area contributed by atoms with Crippen molar-refractivity contribution in [2.45, 2.75) is 12.6 Å². The maximum absolute atomic E-state index is 10.6. The molecule has 3 N–H and O–H groups in total.